The van der Waals surface area contributed by atoms with E-state index < -0.39 is 14.4 Å². The lowest BCUT2D eigenvalue weighted by Crippen LogP contribution is -2.56. The van der Waals surface area contributed by atoms with Gasteiger partial charge in [0.1, 0.15) is 6.04 Å². The molecule has 3 rings (SSSR count). The van der Waals surface area contributed by atoms with Crippen LogP contribution in [0.15, 0.2) is 11.6 Å². The van der Waals surface area contributed by atoms with Gasteiger partial charge < -0.3 is 19.5 Å². The molecule has 2 saturated heterocycles. The van der Waals surface area contributed by atoms with Crippen molar-refractivity contribution in [3.8, 4) is 0 Å². The van der Waals surface area contributed by atoms with E-state index in [1.54, 1.807) is 4.90 Å². The maximum atomic E-state index is 12.9. The van der Waals surface area contributed by atoms with Gasteiger partial charge >= 0.3 is 6.03 Å². The predicted molar refractivity (Wildman–Crippen MR) is 96.3 cm³/mol. The van der Waals surface area contributed by atoms with Crippen LogP contribution in [0, 0.1) is 0 Å². The molecule has 8 heteroatoms. The van der Waals surface area contributed by atoms with Crippen LogP contribution in [0.2, 0.25) is 18.1 Å². The van der Waals surface area contributed by atoms with Crippen molar-refractivity contribution in [1.29, 1.82) is 0 Å². The van der Waals surface area contributed by atoms with Crippen LogP contribution >= 0.6 is 0 Å². The number of nitrogens with zero attached hydrogens (tertiary/aromatic N) is 2. The van der Waals surface area contributed by atoms with Crippen LogP contribution in [0.5, 0.6) is 0 Å². The molecule has 3 amide bonds. The molecule has 1 N–H and O–H groups in total. The first kappa shape index (κ1) is 18.4. The second kappa shape index (κ2) is 6.10. The fourth-order valence-electron chi connectivity index (χ4n) is 3.04. The SMILES string of the molecule is CC1=C[C@@H]2CN(C(=O)N2O[Si](C)(C)C(C)(C)C)[C@@H]1C(=O)NC1COC1. The van der Waals surface area contributed by atoms with Crippen LogP contribution < -0.4 is 5.32 Å². The number of urea groups is 1. The molecular weight excluding hydrogens is 338 g/mol. The molecule has 0 aromatic rings. The van der Waals surface area contributed by atoms with E-state index in [2.05, 4.69) is 39.2 Å². The first-order chi connectivity index (χ1) is 11.5. The van der Waals surface area contributed by atoms with Crippen molar-refractivity contribution in [3.05, 3.63) is 11.6 Å². The van der Waals surface area contributed by atoms with Gasteiger partial charge in [-0.3, -0.25) is 4.79 Å². The Bertz CT molecular complexity index is 610. The van der Waals surface area contributed by atoms with E-state index in [1.807, 2.05) is 13.0 Å². The molecule has 0 aromatic heterocycles. The lowest BCUT2D eigenvalue weighted by Gasteiger charge is -2.39. The van der Waals surface area contributed by atoms with Gasteiger partial charge in [-0.1, -0.05) is 26.8 Å². The molecule has 0 aliphatic carbocycles. The van der Waals surface area contributed by atoms with Gasteiger partial charge in [0.25, 0.3) is 0 Å². The molecule has 0 radical (unpaired) electrons. The molecule has 0 aromatic carbocycles. The topological polar surface area (TPSA) is 71.1 Å². The summed E-state index contributed by atoms with van der Waals surface area (Å²) in [4.78, 5) is 27.2. The zero-order chi connectivity index (χ0) is 18.6. The monoisotopic (exact) mass is 367 g/mol. The molecule has 3 heterocycles. The van der Waals surface area contributed by atoms with Crippen molar-refractivity contribution >= 4 is 20.3 Å². The van der Waals surface area contributed by atoms with Gasteiger partial charge in [0.05, 0.1) is 31.8 Å². The Kier molecular flexibility index (Phi) is 4.49. The third-order valence-electron chi connectivity index (χ3n) is 5.68. The summed E-state index contributed by atoms with van der Waals surface area (Å²) >= 11 is 0. The summed E-state index contributed by atoms with van der Waals surface area (Å²) in [5.41, 5.74) is 0.892. The molecule has 2 bridgehead atoms. The second-order valence-corrected chi connectivity index (χ2v) is 13.4. The molecule has 0 saturated carbocycles. The highest BCUT2D eigenvalue weighted by atomic mass is 28.4. The average Bonchev–Trinajstić information content (AvgIpc) is 2.67. The number of amides is 3. The maximum Gasteiger partial charge on any atom is 0.344 e. The Balaban J connectivity index is 1.76. The van der Waals surface area contributed by atoms with Gasteiger partial charge in [-0.2, -0.15) is 0 Å². The Labute approximate surface area is 150 Å². The highest BCUT2D eigenvalue weighted by Gasteiger charge is 2.51. The summed E-state index contributed by atoms with van der Waals surface area (Å²) in [6.07, 6.45) is 2.00. The lowest BCUT2D eigenvalue weighted by atomic mass is 9.99. The van der Waals surface area contributed by atoms with E-state index in [9.17, 15) is 9.59 Å². The summed E-state index contributed by atoms with van der Waals surface area (Å²) in [7, 11) is -2.13. The standard InChI is InChI=1S/C17H29N3O4Si/c1-11-7-13-8-19(14(11)15(21)18-12-9-23-10-12)16(22)20(13)24-25(5,6)17(2,3)4/h7,12-14H,8-10H2,1-6H3,(H,18,21)/t13-,14+/m1/s1. The van der Waals surface area contributed by atoms with E-state index in [1.165, 1.54) is 5.06 Å². The normalized spacial score (nSPS) is 27.3. The van der Waals surface area contributed by atoms with E-state index in [0.29, 0.717) is 19.8 Å². The van der Waals surface area contributed by atoms with E-state index >= 15 is 0 Å². The van der Waals surface area contributed by atoms with Crippen LogP contribution in [-0.4, -0.2) is 68.1 Å². The number of ether oxygens (including phenoxy) is 1. The highest BCUT2D eigenvalue weighted by Crippen LogP contribution is 2.39. The lowest BCUT2D eigenvalue weighted by molar-refractivity contribution is -0.128. The molecule has 3 aliphatic rings. The number of rotatable bonds is 4. The maximum absolute atomic E-state index is 12.9. The van der Waals surface area contributed by atoms with Gasteiger partial charge in [-0.25, -0.2) is 9.86 Å². The van der Waals surface area contributed by atoms with Gasteiger partial charge in [0, 0.05) is 0 Å². The molecule has 2 atom stereocenters. The third kappa shape index (κ3) is 3.22. The van der Waals surface area contributed by atoms with E-state index in [4.69, 9.17) is 9.26 Å². The molecule has 3 aliphatic heterocycles. The van der Waals surface area contributed by atoms with E-state index in [-0.39, 0.29) is 29.1 Å². The summed E-state index contributed by atoms with van der Waals surface area (Å²) in [6.45, 7) is 14.1. The minimum atomic E-state index is -2.13. The smallest absolute Gasteiger partial charge is 0.344 e. The Morgan fingerprint density at radius 1 is 1.36 bits per heavy atom. The minimum Gasteiger partial charge on any atom is -0.377 e. The number of hydroxylamine groups is 2. The molecule has 0 spiro atoms. The number of carbonyl (C=O) groups is 2. The van der Waals surface area contributed by atoms with Crippen molar-refractivity contribution in [2.24, 2.45) is 0 Å². The van der Waals surface area contributed by atoms with Crippen LogP contribution in [-0.2, 0) is 14.1 Å². The Morgan fingerprint density at radius 3 is 2.52 bits per heavy atom. The Hall–Kier alpha value is -1.38. The first-order valence-electron chi connectivity index (χ1n) is 8.86. The van der Waals surface area contributed by atoms with Crippen LogP contribution in [0.25, 0.3) is 0 Å². The summed E-state index contributed by atoms with van der Waals surface area (Å²) in [5.74, 6) is -0.136. The van der Waals surface area contributed by atoms with Crippen molar-refractivity contribution in [1.82, 2.24) is 15.3 Å². The zero-order valence-corrected chi connectivity index (χ0v) is 17.0. The van der Waals surface area contributed by atoms with E-state index in [0.717, 1.165) is 5.57 Å². The minimum absolute atomic E-state index is 0.000930. The number of hydrogen-bond donors (Lipinski definition) is 1. The molecule has 7 nitrogen and oxygen atoms in total. The van der Waals surface area contributed by atoms with Crippen LogP contribution in [0.1, 0.15) is 27.7 Å². The average molecular weight is 368 g/mol. The third-order valence-corrected chi connectivity index (χ3v) is 9.95. The number of fused-ring (bicyclic) bond motifs is 2. The fraction of sp³-hybridized carbons (Fsp3) is 0.765. The number of carbonyl (C=O) groups excluding carboxylic acids is 2. The van der Waals surface area contributed by atoms with Crippen molar-refractivity contribution in [2.75, 3.05) is 19.8 Å². The molecule has 140 valence electrons. The predicted octanol–water partition coefficient (Wildman–Crippen LogP) is 1.87. The van der Waals surface area contributed by atoms with Gasteiger partial charge in [-0.15, -0.1) is 0 Å². The molecule has 25 heavy (non-hydrogen) atoms. The largest absolute Gasteiger partial charge is 0.377 e. The highest BCUT2D eigenvalue weighted by molar-refractivity contribution is 6.74. The fourth-order valence-corrected chi connectivity index (χ4v) is 4.02. The number of hydrogen-bond acceptors (Lipinski definition) is 4. The van der Waals surface area contributed by atoms with Crippen molar-refractivity contribution in [2.45, 2.75) is 64.0 Å². The second-order valence-electron chi connectivity index (χ2n) is 8.74. The quantitative estimate of drug-likeness (QED) is 0.608. The van der Waals surface area contributed by atoms with Crippen molar-refractivity contribution < 1.29 is 18.9 Å². The summed E-state index contributed by atoms with van der Waals surface area (Å²) in [5, 5.41) is 4.46. The Morgan fingerprint density at radius 2 is 2.00 bits per heavy atom. The zero-order valence-electron chi connectivity index (χ0n) is 16.0. The molecule has 2 fully saturated rings. The summed E-state index contributed by atoms with van der Waals surface area (Å²) < 4.78 is 11.4. The van der Waals surface area contributed by atoms with Crippen LogP contribution in [0.3, 0.4) is 0 Å². The number of nitrogens with one attached hydrogen (secondary N) is 1. The first-order valence-corrected chi connectivity index (χ1v) is 11.8. The van der Waals surface area contributed by atoms with Gasteiger partial charge in [0.15, 0.2) is 0 Å². The van der Waals surface area contributed by atoms with Gasteiger partial charge in [-0.05, 0) is 30.6 Å². The van der Waals surface area contributed by atoms with Gasteiger partial charge in [0.2, 0.25) is 14.2 Å². The molecular formula is C17H29N3O4Si. The van der Waals surface area contributed by atoms with Crippen molar-refractivity contribution in [3.63, 3.8) is 0 Å². The molecule has 0 unspecified atom stereocenters. The summed E-state index contributed by atoms with van der Waals surface area (Å²) in [6, 6.07) is -0.849. The van der Waals surface area contributed by atoms with Crippen LogP contribution in [0.4, 0.5) is 4.79 Å².